The van der Waals surface area contributed by atoms with Crippen LogP contribution in [-0.2, 0) is 4.79 Å². The van der Waals surface area contributed by atoms with Gasteiger partial charge in [-0.1, -0.05) is 30.3 Å². The van der Waals surface area contributed by atoms with E-state index in [1.54, 1.807) is 36.4 Å². The molecule has 106 valence electrons. The van der Waals surface area contributed by atoms with Gasteiger partial charge in [-0.25, -0.2) is 0 Å². The molecule has 1 aromatic carbocycles. The van der Waals surface area contributed by atoms with Gasteiger partial charge in [0.25, 0.3) is 0 Å². The highest BCUT2D eigenvalue weighted by Gasteiger charge is 2.32. The van der Waals surface area contributed by atoms with Crippen LogP contribution >= 0.6 is 0 Å². The van der Waals surface area contributed by atoms with Gasteiger partial charge in [0, 0.05) is 12.6 Å². The van der Waals surface area contributed by atoms with Crippen LogP contribution in [0.1, 0.15) is 12.0 Å². The predicted molar refractivity (Wildman–Crippen MR) is 68.3 cm³/mol. The Morgan fingerprint density at radius 1 is 1.30 bits per heavy atom. The van der Waals surface area contributed by atoms with Crippen LogP contribution in [0.15, 0.2) is 36.4 Å². The van der Waals surface area contributed by atoms with Crippen molar-refractivity contribution in [3.63, 3.8) is 0 Å². The monoisotopic (exact) mass is 282 g/mol. The second kappa shape index (κ2) is 7.34. The van der Waals surface area contributed by atoms with Crippen LogP contribution in [0.25, 0.3) is 6.08 Å². The molecule has 1 amide bonds. The van der Waals surface area contributed by atoms with Crippen LogP contribution < -0.4 is 0 Å². The van der Waals surface area contributed by atoms with Crippen molar-refractivity contribution < 1.29 is 18.0 Å². The smallest absolute Gasteiger partial charge is 0.329 e. The van der Waals surface area contributed by atoms with Crippen molar-refractivity contribution in [3.05, 3.63) is 42.0 Å². The van der Waals surface area contributed by atoms with E-state index in [0.29, 0.717) is 10.5 Å². The van der Waals surface area contributed by atoms with Gasteiger partial charge in [0.05, 0.1) is 12.5 Å². The zero-order valence-corrected chi connectivity index (χ0v) is 10.6. The van der Waals surface area contributed by atoms with Gasteiger partial charge in [0.2, 0.25) is 5.91 Å². The molecule has 0 fully saturated rings. The molecular weight excluding hydrogens is 269 g/mol. The second-order valence-electron chi connectivity index (χ2n) is 4.03. The molecule has 1 aromatic rings. The Hall–Kier alpha value is -2.29. The standard InChI is InChI=1S/C14H13F3N2O/c15-14(16,17)11-19(10-4-9-18)13(20)8-7-12-5-2-1-3-6-12/h1-3,5-8H,4,10-11H2/b8-7-. The third-order valence-corrected chi connectivity index (χ3v) is 2.39. The van der Waals surface area contributed by atoms with E-state index < -0.39 is 18.6 Å². The molecule has 0 aliphatic heterocycles. The number of rotatable bonds is 5. The Labute approximate surface area is 114 Å². The average Bonchev–Trinajstić information content (AvgIpc) is 2.40. The summed E-state index contributed by atoms with van der Waals surface area (Å²) in [6, 6.07) is 10.5. The molecule has 0 atom stereocenters. The molecule has 0 aliphatic carbocycles. The molecule has 0 unspecified atom stereocenters. The summed E-state index contributed by atoms with van der Waals surface area (Å²) in [5, 5.41) is 8.42. The van der Waals surface area contributed by atoms with Crippen LogP contribution in [0.2, 0.25) is 0 Å². The fraction of sp³-hybridized carbons (Fsp3) is 0.286. The first-order chi connectivity index (χ1) is 9.42. The first-order valence-corrected chi connectivity index (χ1v) is 5.88. The SMILES string of the molecule is N#CCCN(CC(F)(F)F)C(=O)/C=C\c1ccccc1. The Balaban J connectivity index is 2.72. The predicted octanol–water partition coefficient (Wildman–Crippen LogP) is 3.00. The Bertz CT molecular complexity index is 503. The van der Waals surface area contributed by atoms with Gasteiger partial charge in [0.15, 0.2) is 0 Å². The maximum absolute atomic E-state index is 12.4. The summed E-state index contributed by atoms with van der Waals surface area (Å²) in [4.78, 5) is 12.3. The molecule has 1 rings (SSSR count). The number of nitriles is 1. The lowest BCUT2D eigenvalue weighted by atomic mass is 10.2. The fourth-order valence-corrected chi connectivity index (χ4v) is 1.51. The second-order valence-corrected chi connectivity index (χ2v) is 4.03. The molecule has 0 aromatic heterocycles. The normalized spacial score (nSPS) is 11.3. The van der Waals surface area contributed by atoms with E-state index in [1.165, 1.54) is 6.08 Å². The van der Waals surface area contributed by atoms with E-state index in [2.05, 4.69) is 0 Å². The Morgan fingerprint density at radius 2 is 1.95 bits per heavy atom. The van der Waals surface area contributed by atoms with Crippen molar-refractivity contribution in [2.75, 3.05) is 13.1 Å². The lowest BCUT2D eigenvalue weighted by molar-refractivity contribution is -0.158. The molecular formula is C14H13F3N2O. The summed E-state index contributed by atoms with van der Waals surface area (Å²) in [6.45, 7) is -1.60. The maximum atomic E-state index is 12.4. The first-order valence-electron chi connectivity index (χ1n) is 5.88. The van der Waals surface area contributed by atoms with Crippen LogP contribution in [0, 0.1) is 11.3 Å². The number of halogens is 3. The molecule has 0 heterocycles. The number of alkyl halides is 3. The zero-order valence-electron chi connectivity index (χ0n) is 10.6. The number of hydrogen-bond acceptors (Lipinski definition) is 2. The molecule has 20 heavy (non-hydrogen) atoms. The van der Waals surface area contributed by atoms with Gasteiger partial charge in [0.1, 0.15) is 6.54 Å². The number of carbonyl (C=O) groups excluding carboxylic acids is 1. The van der Waals surface area contributed by atoms with Gasteiger partial charge in [-0.05, 0) is 11.6 Å². The van der Waals surface area contributed by atoms with Gasteiger partial charge in [-0.2, -0.15) is 18.4 Å². The minimum Gasteiger partial charge on any atom is -0.329 e. The quantitative estimate of drug-likeness (QED) is 0.779. The maximum Gasteiger partial charge on any atom is 0.406 e. The minimum absolute atomic E-state index is 0.138. The first kappa shape index (κ1) is 15.8. The Kier molecular flexibility index (Phi) is 5.78. The molecule has 0 saturated heterocycles. The minimum atomic E-state index is -4.48. The van der Waals surface area contributed by atoms with E-state index in [9.17, 15) is 18.0 Å². The summed E-state index contributed by atoms with van der Waals surface area (Å²) in [5.41, 5.74) is 0.716. The van der Waals surface area contributed by atoms with E-state index in [1.807, 2.05) is 0 Å². The van der Waals surface area contributed by atoms with Gasteiger partial charge < -0.3 is 4.90 Å². The summed E-state index contributed by atoms with van der Waals surface area (Å²) in [6.07, 6.45) is -2.09. The zero-order chi connectivity index (χ0) is 15.0. The number of nitrogens with zero attached hydrogens (tertiary/aromatic N) is 2. The highest BCUT2D eigenvalue weighted by atomic mass is 19.4. The third kappa shape index (κ3) is 6.05. The van der Waals surface area contributed by atoms with E-state index in [-0.39, 0.29) is 13.0 Å². The van der Waals surface area contributed by atoms with E-state index >= 15 is 0 Å². The van der Waals surface area contributed by atoms with Crippen LogP contribution in [0.5, 0.6) is 0 Å². The molecule has 3 nitrogen and oxygen atoms in total. The summed E-state index contributed by atoms with van der Waals surface area (Å²) < 4.78 is 37.1. The van der Waals surface area contributed by atoms with Gasteiger partial charge in [-0.15, -0.1) is 0 Å². The molecule has 0 aliphatic rings. The molecule has 0 N–H and O–H groups in total. The number of amides is 1. The number of hydrogen-bond donors (Lipinski definition) is 0. The third-order valence-electron chi connectivity index (χ3n) is 2.39. The summed E-state index contributed by atoms with van der Waals surface area (Å²) in [7, 11) is 0. The van der Waals surface area contributed by atoms with E-state index in [0.717, 1.165) is 6.08 Å². The largest absolute Gasteiger partial charge is 0.406 e. The molecule has 0 saturated carbocycles. The molecule has 6 heteroatoms. The lowest BCUT2D eigenvalue weighted by Crippen LogP contribution is -2.38. The lowest BCUT2D eigenvalue weighted by Gasteiger charge is -2.21. The number of carbonyl (C=O) groups is 1. The Morgan fingerprint density at radius 3 is 2.50 bits per heavy atom. The van der Waals surface area contributed by atoms with Crippen molar-refractivity contribution >= 4 is 12.0 Å². The van der Waals surface area contributed by atoms with E-state index in [4.69, 9.17) is 5.26 Å². The number of benzene rings is 1. The fourth-order valence-electron chi connectivity index (χ4n) is 1.51. The molecule has 0 bridgehead atoms. The van der Waals surface area contributed by atoms with Gasteiger partial charge >= 0.3 is 6.18 Å². The van der Waals surface area contributed by atoms with Crippen LogP contribution in [-0.4, -0.2) is 30.1 Å². The van der Waals surface area contributed by atoms with Crippen molar-refractivity contribution in [2.24, 2.45) is 0 Å². The van der Waals surface area contributed by atoms with Crippen LogP contribution in [0.4, 0.5) is 13.2 Å². The molecule has 0 radical (unpaired) electrons. The molecule has 0 spiro atoms. The highest BCUT2D eigenvalue weighted by Crippen LogP contribution is 2.17. The topological polar surface area (TPSA) is 44.1 Å². The van der Waals surface area contributed by atoms with Crippen molar-refractivity contribution in [1.82, 2.24) is 4.90 Å². The summed E-state index contributed by atoms with van der Waals surface area (Å²) >= 11 is 0. The van der Waals surface area contributed by atoms with Gasteiger partial charge in [-0.3, -0.25) is 4.79 Å². The average molecular weight is 282 g/mol. The van der Waals surface area contributed by atoms with Crippen molar-refractivity contribution in [1.29, 1.82) is 5.26 Å². The van der Waals surface area contributed by atoms with Crippen molar-refractivity contribution in [3.8, 4) is 6.07 Å². The van der Waals surface area contributed by atoms with Crippen LogP contribution in [0.3, 0.4) is 0 Å². The van der Waals surface area contributed by atoms with Crippen molar-refractivity contribution in [2.45, 2.75) is 12.6 Å². The highest BCUT2D eigenvalue weighted by molar-refractivity contribution is 5.91. The summed E-state index contributed by atoms with van der Waals surface area (Å²) in [5.74, 6) is -0.763.